The van der Waals surface area contributed by atoms with Crippen LogP contribution in [0.3, 0.4) is 0 Å². The van der Waals surface area contributed by atoms with Gasteiger partial charge in [-0.05, 0) is 0 Å². The Morgan fingerprint density at radius 3 is 0.290 bits per heavy atom. The van der Waals surface area contributed by atoms with E-state index in [0.717, 1.165) is 0 Å². The summed E-state index contributed by atoms with van der Waals surface area (Å²) < 4.78 is 0. The zero-order valence-electron chi connectivity index (χ0n) is 24.6. The molecule has 0 atom stereocenters. The molecule has 177 valence electrons. The second-order valence-electron chi connectivity index (χ2n) is 10.1. The van der Waals surface area contributed by atoms with E-state index >= 15 is 0 Å². The van der Waals surface area contributed by atoms with Crippen molar-refractivity contribution in [1.82, 2.24) is 0 Å². The smallest absolute Gasteiger partial charge is 0.322 e. The van der Waals surface area contributed by atoms with Crippen LogP contribution in [0.25, 0.3) is 0 Å². The molecule has 0 nitrogen and oxygen atoms in total. The minimum atomic E-state index is -0.0648. The molecule has 0 amide bonds. The van der Waals surface area contributed by atoms with Crippen LogP contribution in [0.1, 0.15) is 0 Å². The van der Waals surface area contributed by atoms with Crippen molar-refractivity contribution in [2.75, 3.05) is 0 Å². The van der Waals surface area contributed by atoms with Crippen molar-refractivity contribution in [3.63, 3.8) is 0 Å². The van der Waals surface area contributed by atoms with Gasteiger partial charge in [0.05, 0.1) is 0 Å². The maximum Gasteiger partial charge on any atom is 3.00 e. The van der Waals surface area contributed by atoms with E-state index in [-0.39, 0.29) is 112 Å². The molecule has 0 aliphatic carbocycles. The molecule has 31 heavy (non-hydrogen) atoms. The van der Waals surface area contributed by atoms with Crippen LogP contribution in [0.4, 0.5) is 0 Å². The summed E-state index contributed by atoms with van der Waals surface area (Å²) in [5.41, 5.74) is 0. The Labute approximate surface area is 241 Å². The summed E-state index contributed by atoms with van der Waals surface area (Å²) in [6.07, 6.45) is 0. The molecule has 0 N–H and O–H groups in total. The first-order valence-corrected chi connectivity index (χ1v) is 33.8. The summed E-state index contributed by atoms with van der Waals surface area (Å²) in [6, 6.07) is 0. The third-order valence-corrected chi connectivity index (χ3v) is 40.5. The molecule has 10 heteroatoms. The summed E-state index contributed by atoms with van der Waals surface area (Å²) in [4.78, 5) is 6.00. The summed E-state index contributed by atoms with van der Waals surface area (Å²) in [5.74, 6) is 0. The fourth-order valence-corrected chi connectivity index (χ4v) is 40.5. The average molecular weight is 648 g/mol. The molecule has 0 unspecified atom stereocenters. The van der Waals surface area contributed by atoms with E-state index in [1.54, 1.807) is 0 Å². The van der Waals surface area contributed by atoms with Crippen molar-refractivity contribution in [2.24, 2.45) is 0 Å². The summed E-state index contributed by atoms with van der Waals surface area (Å²) in [7, 11) is -0.583. The van der Waals surface area contributed by atoms with E-state index in [0.29, 0.717) is 0 Å². The first kappa shape index (κ1) is 41.2. The van der Waals surface area contributed by atoms with Gasteiger partial charge in [0, 0.05) is 0 Å². The number of rotatable bonds is 9. The third-order valence-electron chi connectivity index (χ3n) is 4.50. The molecule has 0 aromatic heterocycles. The standard InChI is InChI=1S/3C7H18Si3.Y/c3*1-8(2)7(9(3)4)10(5)6;/h3*1-6H3;/q3*-1;+3. The summed E-state index contributed by atoms with van der Waals surface area (Å²) in [5, 5.41) is 0. The molecule has 0 rings (SSSR count). The van der Waals surface area contributed by atoms with Gasteiger partial charge in [0.2, 0.25) is 0 Å². The number of hydrogen-bond donors (Lipinski definition) is 0. The fourth-order valence-electron chi connectivity index (χ4n) is 4.50. The summed E-state index contributed by atoms with van der Waals surface area (Å²) in [6.45, 7) is 43.9. The SMILES string of the molecule is C[Si](C)[C-]([Si](C)C)[Si](C)C.C[Si](C)[C-]([Si](C)C)[Si](C)C.C[Si](C)[C-]([Si](C)C)[Si](C)C.[Y+3]. The Hall–Kier alpha value is 3.06. The normalized spacial score (nSPS) is 12.2. The van der Waals surface area contributed by atoms with Gasteiger partial charge in [0.15, 0.2) is 0 Å². The zero-order chi connectivity index (χ0) is 24.9. The molecule has 0 saturated carbocycles. The first-order valence-electron chi connectivity index (χ1n) is 11.2. The van der Waals surface area contributed by atoms with Gasteiger partial charge in [0.1, 0.15) is 0 Å². The maximum absolute atomic E-state index is 2.44. The predicted molar refractivity (Wildman–Crippen MR) is 167 cm³/mol. The molecule has 0 heterocycles. The Kier molecular flexibility index (Phi) is 29.6. The third kappa shape index (κ3) is 20.9. The van der Waals surface area contributed by atoms with Crippen molar-refractivity contribution in [1.29, 1.82) is 0 Å². The maximum atomic E-state index is 2.44. The van der Waals surface area contributed by atoms with Gasteiger partial charge in [-0.2, -0.15) is 0 Å². The van der Waals surface area contributed by atoms with E-state index in [2.05, 4.69) is 118 Å². The van der Waals surface area contributed by atoms with Gasteiger partial charge in [-0.15, -0.1) is 79.2 Å². The van der Waals surface area contributed by atoms with Crippen LogP contribution in [0.2, 0.25) is 118 Å². The van der Waals surface area contributed by atoms with Gasteiger partial charge in [-0.1, -0.05) is 118 Å². The molecule has 0 aliphatic rings. The fraction of sp³-hybridized carbons (Fsp3) is 0.857. The van der Waals surface area contributed by atoms with Crippen molar-refractivity contribution < 1.29 is 32.7 Å². The van der Waals surface area contributed by atoms with Gasteiger partial charge in [-0.25, -0.2) is 0 Å². The second kappa shape index (κ2) is 22.3. The minimum Gasteiger partial charge on any atom is -0.322 e. The van der Waals surface area contributed by atoms with Gasteiger partial charge >= 0.3 is 32.7 Å². The van der Waals surface area contributed by atoms with E-state index in [1.807, 2.05) is 14.4 Å². The van der Waals surface area contributed by atoms with Crippen molar-refractivity contribution >= 4 is 79.2 Å². The van der Waals surface area contributed by atoms with Crippen LogP contribution in [0.5, 0.6) is 0 Å². The molecule has 0 spiro atoms. The van der Waals surface area contributed by atoms with Crippen molar-refractivity contribution in [3.05, 3.63) is 14.4 Å². The largest absolute Gasteiger partial charge is 3.00 e. The first-order chi connectivity index (χ1) is 13.4. The number of hydrogen-bond acceptors (Lipinski definition) is 0. The quantitative estimate of drug-likeness (QED) is 0.182. The topological polar surface area (TPSA) is 0 Å². The van der Waals surface area contributed by atoms with Crippen molar-refractivity contribution in [2.45, 2.75) is 118 Å². The Bertz CT molecular complexity index is 273. The Morgan fingerprint density at radius 1 is 0.226 bits per heavy atom. The molecular weight excluding hydrogens is 594 g/mol. The van der Waals surface area contributed by atoms with Crippen LogP contribution in [0, 0.1) is 14.4 Å². The van der Waals surface area contributed by atoms with Crippen LogP contribution in [-0.2, 0) is 32.7 Å². The molecule has 0 bridgehead atoms. The van der Waals surface area contributed by atoms with E-state index in [4.69, 9.17) is 0 Å². The van der Waals surface area contributed by atoms with Crippen molar-refractivity contribution in [3.8, 4) is 0 Å². The van der Waals surface area contributed by atoms with Gasteiger partial charge < -0.3 is 14.4 Å². The molecule has 0 aromatic rings. The van der Waals surface area contributed by atoms with Crippen LogP contribution >= 0.6 is 0 Å². The molecule has 0 aliphatic heterocycles. The summed E-state index contributed by atoms with van der Waals surface area (Å²) >= 11 is 0. The molecule has 0 aromatic carbocycles. The Balaban J connectivity index is -0.000000174. The van der Waals surface area contributed by atoms with Crippen LogP contribution < -0.4 is 0 Å². The molecule has 9 radical (unpaired) electrons. The minimum absolute atomic E-state index is 0. The molecule has 0 saturated heterocycles. The van der Waals surface area contributed by atoms with Gasteiger partial charge in [0.25, 0.3) is 0 Å². The Morgan fingerprint density at radius 2 is 0.290 bits per heavy atom. The van der Waals surface area contributed by atoms with E-state index in [9.17, 15) is 0 Å². The monoisotopic (exact) mass is 647 g/mol. The van der Waals surface area contributed by atoms with Crippen LogP contribution in [-0.4, -0.2) is 79.2 Å². The van der Waals surface area contributed by atoms with E-state index in [1.165, 1.54) is 0 Å². The van der Waals surface area contributed by atoms with Gasteiger partial charge in [-0.3, -0.25) is 0 Å². The predicted octanol–water partition coefficient (Wildman–Crippen LogP) is 7.32. The second-order valence-corrected chi connectivity index (χ2v) is 37.1. The van der Waals surface area contributed by atoms with Crippen LogP contribution in [0.15, 0.2) is 0 Å². The van der Waals surface area contributed by atoms with E-state index < -0.39 is 0 Å². The average Bonchev–Trinajstić information content (AvgIpc) is 2.43. The molecule has 0 fully saturated rings. The zero-order valence-corrected chi connectivity index (χ0v) is 36.4. The molecular formula is C21H54Si9Y.